The van der Waals surface area contributed by atoms with Gasteiger partial charge >= 0.3 is 0 Å². The molecule has 1 fully saturated rings. The van der Waals surface area contributed by atoms with Crippen LogP contribution >= 0.6 is 27.7 Å². The van der Waals surface area contributed by atoms with E-state index in [-0.39, 0.29) is 0 Å². The molecule has 0 radical (unpaired) electrons. The fourth-order valence-corrected chi connectivity index (χ4v) is 3.63. The van der Waals surface area contributed by atoms with E-state index >= 15 is 0 Å². The quantitative estimate of drug-likeness (QED) is 0.792. The van der Waals surface area contributed by atoms with E-state index in [4.69, 9.17) is 5.26 Å². The van der Waals surface area contributed by atoms with Crippen LogP contribution in [0.2, 0.25) is 0 Å². The summed E-state index contributed by atoms with van der Waals surface area (Å²) in [5.74, 6) is 1.17. The monoisotopic (exact) mass is 310 g/mol. The van der Waals surface area contributed by atoms with Gasteiger partial charge in [-0.2, -0.15) is 17.0 Å². The maximum absolute atomic E-state index is 8.92. The third-order valence-electron chi connectivity index (χ3n) is 3.29. The molecule has 0 saturated carbocycles. The van der Waals surface area contributed by atoms with Gasteiger partial charge in [0.25, 0.3) is 0 Å². The van der Waals surface area contributed by atoms with Crippen molar-refractivity contribution >= 4 is 33.4 Å². The largest absolute Gasteiger partial charge is 0.367 e. The van der Waals surface area contributed by atoms with Gasteiger partial charge in [0.05, 0.1) is 5.56 Å². The van der Waals surface area contributed by atoms with E-state index in [0.29, 0.717) is 16.9 Å². The normalized spacial score (nSPS) is 24.5. The third-order valence-corrected chi connectivity index (χ3v) is 5.28. The van der Waals surface area contributed by atoms with Crippen molar-refractivity contribution in [2.45, 2.75) is 25.1 Å². The number of nitriles is 1. The first-order valence-electron chi connectivity index (χ1n) is 5.71. The van der Waals surface area contributed by atoms with E-state index in [1.54, 1.807) is 0 Å². The Kier molecular flexibility index (Phi) is 4.01. The number of halogens is 1. The van der Waals surface area contributed by atoms with Gasteiger partial charge in [0.2, 0.25) is 0 Å². The number of thioether (sulfide) groups is 1. The molecule has 1 aromatic carbocycles. The van der Waals surface area contributed by atoms with Gasteiger partial charge in [0.15, 0.2) is 0 Å². The Balaban J connectivity index is 2.28. The highest BCUT2D eigenvalue weighted by Crippen LogP contribution is 2.31. The SMILES string of the molecule is CC1SCCN(c2ccc(C#N)c(Br)c2)C1C. The Bertz CT molecular complexity index is 455. The third kappa shape index (κ3) is 2.61. The van der Waals surface area contributed by atoms with Gasteiger partial charge in [-0.05, 0) is 41.1 Å². The van der Waals surface area contributed by atoms with Crippen LogP contribution in [0.4, 0.5) is 5.69 Å². The minimum absolute atomic E-state index is 0.536. The second kappa shape index (κ2) is 5.32. The van der Waals surface area contributed by atoms with Gasteiger partial charge in [-0.1, -0.05) is 6.92 Å². The van der Waals surface area contributed by atoms with E-state index in [1.807, 2.05) is 23.9 Å². The van der Waals surface area contributed by atoms with Crippen LogP contribution in [0, 0.1) is 11.3 Å². The van der Waals surface area contributed by atoms with Crippen molar-refractivity contribution in [1.29, 1.82) is 5.26 Å². The van der Waals surface area contributed by atoms with Crippen LogP contribution in [0.25, 0.3) is 0 Å². The standard InChI is InChI=1S/C13H15BrN2S/c1-9-10(2)17-6-5-16(9)12-4-3-11(8-15)13(14)7-12/h3-4,7,9-10H,5-6H2,1-2H3. The fraction of sp³-hybridized carbons (Fsp3) is 0.462. The summed E-state index contributed by atoms with van der Waals surface area (Å²) in [5.41, 5.74) is 1.90. The molecular weight excluding hydrogens is 296 g/mol. The summed E-state index contributed by atoms with van der Waals surface area (Å²) in [7, 11) is 0. The van der Waals surface area contributed by atoms with Gasteiger partial charge in [-0.25, -0.2) is 0 Å². The minimum atomic E-state index is 0.536. The first-order valence-corrected chi connectivity index (χ1v) is 7.55. The molecule has 1 saturated heterocycles. The van der Waals surface area contributed by atoms with Crippen LogP contribution in [0.3, 0.4) is 0 Å². The maximum Gasteiger partial charge on any atom is 0.100 e. The molecule has 4 heteroatoms. The van der Waals surface area contributed by atoms with Crippen LogP contribution in [0.15, 0.2) is 22.7 Å². The van der Waals surface area contributed by atoms with Crippen LogP contribution in [-0.2, 0) is 0 Å². The molecule has 1 aliphatic heterocycles. The highest BCUT2D eigenvalue weighted by molar-refractivity contribution is 9.10. The van der Waals surface area contributed by atoms with Crippen LogP contribution in [0.5, 0.6) is 0 Å². The van der Waals surface area contributed by atoms with Crippen LogP contribution < -0.4 is 4.90 Å². The van der Waals surface area contributed by atoms with Crippen molar-refractivity contribution in [1.82, 2.24) is 0 Å². The number of rotatable bonds is 1. The molecule has 0 aliphatic carbocycles. The second-order valence-corrected chi connectivity index (χ2v) is 6.63. The Morgan fingerprint density at radius 1 is 1.47 bits per heavy atom. The predicted octanol–water partition coefficient (Wildman–Crippen LogP) is 3.65. The lowest BCUT2D eigenvalue weighted by Crippen LogP contribution is -2.44. The predicted molar refractivity (Wildman–Crippen MR) is 77.6 cm³/mol. The summed E-state index contributed by atoms with van der Waals surface area (Å²) >= 11 is 5.49. The molecule has 0 N–H and O–H groups in total. The van der Waals surface area contributed by atoms with Crippen molar-refractivity contribution in [3.8, 4) is 6.07 Å². The molecule has 90 valence electrons. The van der Waals surface area contributed by atoms with Gasteiger partial charge in [0, 0.05) is 33.7 Å². The van der Waals surface area contributed by atoms with Gasteiger partial charge in [-0.3, -0.25) is 0 Å². The highest BCUT2D eigenvalue weighted by Gasteiger charge is 2.25. The van der Waals surface area contributed by atoms with E-state index < -0.39 is 0 Å². The van der Waals surface area contributed by atoms with Crippen LogP contribution in [0.1, 0.15) is 19.4 Å². The zero-order valence-corrected chi connectivity index (χ0v) is 12.4. The summed E-state index contributed by atoms with van der Waals surface area (Å²) in [4.78, 5) is 2.42. The molecule has 1 aromatic rings. The number of nitrogens with zero attached hydrogens (tertiary/aromatic N) is 2. The van der Waals surface area contributed by atoms with Crippen molar-refractivity contribution < 1.29 is 0 Å². The van der Waals surface area contributed by atoms with E-state index in [0.717, 1.165) is 11.0 Å². The van der Waals surface area contributed by atoms with Crippen molar-refractivity contribution in [2.75, 3.05) is 17.2 Å². The summed E-state index contributed by atoms with van der Waals surface area (Å²) in [6, 6.07) is 8.70. The molecule has 0 bridgehead atoms. The molecule has 17 heavy (non-hydrogen) atoms. The van der Waals surface area contributed by atoms with E-state index in [1.165, 1.54) is 11.4 Å². The first-order chi connectivity index (χ1) is 8.13. The van der Waals surface area contributed by atoms with Crippen molar-refractivity contribution in [3.63, 3.8) is 0 Å². The molecule has 1 aliphatic rings. The second-order valence-electron chi connectivity index (χ2n) is 4.29. The molecule has 2 unspecified atom stereocenters. The molecule has 0 amide bonds. The summed E-state index contributed by atoms with van der Waals surface area (Å²) in [5, 5.41) is 9.57. The molecule has 2 nitrogen and oxygen atoms in total. The lowest BCUT2D eigenvalue weighted by molar-refractivity contribution is 0.627. The van der Waals surface area contributed by atoms with Gasteiger partial charge in [-0.15, -0.1) is 0 Å². The topological polar surface area (TPSA) is 27.0 Å². The van der Waals surface area contributed by atoms with Gasteiger partial charge in [0.1, 0.15) is 6.07 Å². The molecule has 0 spiro atoms. The molecular formula is C13H15BrN2S. The zero-order valence-electron chi connectivity index (χ0n) is 9.98. The number of benzene rings is 1. The Morgan fingerprint density at radius 3 is 2.88 bits per heavy atom. The summed E-state index contributed by atoms with van der Waals surface area (Å²) in [6.07, 6.45) is 0. The summed E-state index contributed by atoms with van der Waals surface area (Å²) < 4.78 is 0.885. The number of hydrogen-bond donors (Lipinski definition) is 0. The smallest absolute Gasteiger partial charge is 0.100 e. The Labute approximate surface area is 115 Å². The lowest BCUT2D eigenvalue weighted by atomic mass is 10.1. The maximum atomic E-state index is 8.92. The fourth-order valence-electron chi connectivity index (χ4n) is 2.07. The molecule has 2 rings (SSSR count). The van der Waals surface area contributed by atoms with E-state index in [9.17, 15) is 0 Å². The van der Waals surface area contributed by atoms with Gasteiger partial charge < -0.3 is 4.90 Å². The molecule has 0 aromatic heterocycles. The number of anilines is 1. The zero-order chi connectivity index (χ0) is 12.4. The Morgan fingerprint density at radius 2 is 2.24 bits per heavy atom. The Hall–Kier alpha value is -0.660. The minimum Gasteiger partial charge on any atom is -0.367 e. The lowest BCUT2D eigenvalue weighted by Gasteiger charge is -2.39. The molecule has 1 heterocycles. The summed E-state index contributed by atoms with van der Waals surface area (Å²) in [6.45, 7) is 5.62. The first kappa shape index (κ1) is 12.8. The molecule has 2 atom stereocenters. The van der Waals surface area contributed by atoms with Crippen molar-refractivity contribution in [2.24, 2.45) is 0 Å². The van der Waals surface area contributed by atoms with E-state index in [2.05, 4.69) is 46.8 Å². The average molecular weight is 311 g/mol. The number of hydrogen-bond acceptors (Lipinski definition) is 3. The van der Waals surface area contributed by atoms with Crippen LogP contribution in [-0.4, -0.2) is 23.6 Å². The highest BCUT2D eigenvalue weighted by atomic mass is 79.9. The average Bonchev–Trinajstić information content (AvgIpc) is 2.32. The van der Waals surface area contributed by atoms with Crippen molar-refractivity contribution in [3.05, 3.63) is 28.2 Å².